The number of carbonyl (C=O) groups excluding carboxylic acids is 1. The summed E-state index contributed by atoms with van der Waals surface area (Å²) in [4.78, 5) is 11.6. The van der Waals surface area contributed by atoms with Gasteiger partial charge >= 0.3 is 0 Å². The molecule has 3 heteroatoms. The zero-order valence-electron chi connectivity index (χ0n) is 12.3. The van der Waals surface area contributed by atoms with Crippen LogP contribution in [0.15, 0.2) is 0 Å². The summed E-state index contributed by atoms with van der Waals surface area (Å²) in [6, 6.07) is 0.848. The zero-order chi connectivity index (χ0) is 13.4. The van der Waals surface area contributed by atoms with E-state index >= 15 is 0 Å². The van der Waals surface area contributed by atoms with Crippen molar-refractivity contribution in [1.82, 2.24) is 10.6 Å². The molecule has 2 N–H and O–H groups in total. The van der Waals surface area contributed by atoms with Gasteiger partial charge in [-0.05, 0) is 44.9 Å². The van der Waals surface area contributed by atoms with E-state index in [1.165, 1.54) is 38.5 Å². The molecule has 0 aliphatic heterocycles. The molecular weight excluding hydrogens is 224 g/mol. The largest absolute Gasteiger partial charge is 0.353 e. The minimum atomic E-state index is 0.139. The van der Waals surface area contributed by atoms with Crippen molar-refractivity contribution in [2.45, 2.75) is 77.8 Å². The second-order valence-corrected chi connectivity index (χ2v) is 5.76. The minimum Gasteiger partial charge on any atom is -0.353 e. The molecule has 3 nitrogen and oxygen atoms in total. The van der Waals surface area contributed by atoms with Crippen LogP contribution in [0.25, 0.3) is 0 Å². The molecule has 0 spiro atoms. The lowest BCUT2D eigenvalue weighted by molar-refractivity contribution is -0.121. The summed E-state index contributed by atoms with van der Waals surface area (Å²) in [5.74, 6) is 1.07. The van der Waals surface area contributed by atoms with E-state index in [0.29, 0.717) is 18.6 Å². The van der Waals surface area contributed by atoms with Gasteiger partial charge in [0.25, 0.3) is 0 Å². The van der Waals surface area contributed by atoms with Gasteiger partial charge in [0.15, 0.2) is 0 Å². The average molecular weight is 254 g/mol. The van der Waals surface area contributed by atoms with Crippen LogP contribution in [-0.2, 0) is 4.79 Å². The lowest BCUT2D eigenvalue weighted by atomic mass is 9.83. The maximum absolute atomic E-state index is 11.6. The standard InChI is InChI=1S/C15H30N2O/c1-4-6-13-7-9-14(10-8-13)16-11-15(18)17-12(3)5-2/h12-14,16H,4-11H2,1-3H3,(H,17,18). The van der Waals surface area contributed by atoms with Gasteiger partial charge in [-0.2, -0.15) is 0 Å². The third-order valence-corrected chi connectivity index (χ3v) is 4.11. The highest BCUT2D eigenvalue weighted by molar-refractivity contribution is 5.78. The van der Waals surface area contributed by atoms with Crippen LogP contribution in [0.1, 0.15) is 65.7 Å². The fourth-order valence-corrected chi connectivity index (χ4v) is 2.73. The van der Waals surface area contributed by atoms with Gasteiger partial charge in [-0.25, -0.2) is 0 Å². The molecule has 1 atom stereocenters. The molecule has 1 rings (SSSR count). The Kier molecular flexibility index (Phi) is 7.33. The molecule has 1 aliphatic carbocycles. The topological polar surface area (TPSA) is 41.1 Å². The number of hydrogen-bond acceptors (Lipinski definition) is 2. The summed E-state index contributed by atoms with van der Waals surface area (Å²) in [5, 5.41) is 6.40. The molecule has 1 fully saturated rings. The third-order valence-electron chi connectivity index (χ3n) is 4.11. The molecule has 18 heavy (non-hydrogen) atoms. The first-order chi connectivity index (χ1) is 8.65. The van der Waals surface area contributed by atoms with Gasteiger partial charge < -0.3 is 10.6 Å². The molecule has 0 aromatic heterocycles. The van der Waals surface area contributed by atoms with E-state index in [1.54, 1.807) is 0 Å². The number of rotatable bonds is 7. The van der Waals surface area contributed by atoms with Crippen LogP contribution in [0.2, 0.25) is 0 Å². The molecule has 1 aliphatic rings. The van der Waals surface area contributed by atoms with Crippen molar-refractivity contribution in [3.8, 4) is 0 Å². The van der Waals surface area contributed by atoms with Crippen LogP contribution < -0.4 is 10.6 Å². The molecule has 0 bridgehead atoms. The molecule has 1 unspecified atom stereocenters. The van der Waals surface area contributed by atoms with Gasteiger partial charge in [0.05, 0.1) is 6.54 Å². The highest BCUT2D eigenvalue weighted by Gasteiger charge is 2.20. The normalized spacial score (nSPS) is 25.7. The summed E-state index contributed by atoms with van der Waals surface area (Å²) in [6.45, 7) is 6.89. The number of amides is 1. The summed E-state index contributed by atoms with van der Waals surface area (Å²) >= 11 is 0. The smallest absolute Gasteiger partial charge is 0.234 e. The molecule has 0 radical (unpaired) electrons. The Labute approximate surface area is 112 Å². The van der Waals surface area contributed by atoms with Crippen LogP contribution in [0.4, 0.5) is 0 Å². The Bertz CT molecular complexity index is 235. The molecule has 106 valence electrons. The maximum Gasteiger partial charge on any atom is 0.234 e. The fraction of sp³-hybridized carbons (Fsp3) is 0.933. The molecule has 0 aromatic rings. The summed E-state index contributed by atoms with van der Waals surface area (Å²) < 4.78 is 0. The van der Waals surface area contributed by atoms with E-state index in [4.69, 9.17) is 0 Å². The molecular formula is C15H30N2O. The Balaban J connectivity index is 2.12. The second-order valence-electron chi connectivity index (χ2n) is 5.76. The lowest BCUT2D eigenvalue weighted by Crippen LogP contribution is -2.43. The molecule has 0 heterocycles. The molecule has 0 aromatic carbocycles. The summed E-state index contributed by atoms with van der Waals surface area (Å²) in [7, 11) is 0. The first kappa shape index (κ1) is 15.5. The number of carbonyl (C=O) groups is 1. The monoisotopic (exact) mass is 254 g/mol. The molecule has 1 amide bonds. The Morgan fingerprint density at radius 2 is 1.89 bits per heavy atom. The van der Waals surface area contributed by atoms with Gasteiger partial charge in [0, 0.05) is 12.1 Å². The Hall–Kier alpha value is -0.570. The maximum atomic E-state index is 11.6. The molecule has 1 saturated carbocycles. The van der Waals surface area contributed by atoms with Crippen LogP contribution in [0.5, 0.6) is 0 Å². The predicted octanol–water partition coefficient (Wildman–Crippen LogP) is 2.85. The third kappa shape index (κ3) is 5.85. The SMILES string of the molecule is CCCC1CCC(NCC(=O)NC(C)CC)CC1. The predicted molar refractivity (Wildman–Crippen MR) is 76.6 cm³/mol. The van der Waals surface area contributed by atoms with Gasteiger partial charge in [-0.15, -0.1) is 0 Å². The summed E-state index contributed by atoms with van der Waals surface area (Å²) in [5.41, 5.74) is 0. The van der Waals surface area contributed by atoms with Crippen molar-refractivity contribution in [1.29, 1.82) is 0 Å². The molecule has 0 saturated heterocycles. The van der Waals surface area contributed by atoms with E-state index in [1.807, 2.05) is 6.92 Å². The van der Waals surface area contributed by atoms with Crippen molar-refractivity contribution in [2.75, 3.05) is 6.54 Å². The quantitative estimate of drug-likeness (QED) is 0.733. The van der Waals surface area contributed by atoms with Crippen molar-refractivity contribution in [2.24, 2.45) is 5.92 Å². The van der Waals surface area contributed by atoms with Gasteiger partial charge in [-0.1, -0.05) is 26.7 Å². The Morgan fingerprint density at radius 1 is 1.22 bits per heavy atom. The lowest BCUT2D eigenvalue weighted by Gasteiger charge is -2.29. The highest BCUT2D eigenvalue weighted by Crippen LogP contribution is 2.27. The summed E-state index contributed by atoms with van der Waals surface area (Å²) in [6.07, 6.45) is 8.81. The van der Waals surface area contributed by atoms with Gasteiger partial charge in [-0.3, -0.25) is 4.79 Å². The first-order valence-corrected chi connectivity index (χ1v) is 7.68. The minimum absolute atomic E-state index is 0.139. The van der Waals surface area contributed by atoms with Crippen molar-refractivity contribution < 1.29 is 4.79 Å². The van der Waals surface area contributed by atoms with E-state index in [-0.39, 0.29) is 5.91 Å². The van der Waals surface area contributed by atoms with E-state index in [2.05, 4.69) is 24.5 Å². The van der Waals surface area contributed by atoms with Crippen molar-refractivity contribution >= 4 is 5.91 Å². The van der Waals surface area contributed by atoms with Crippen molar-refractivity contribution in [3.63, 3.8) is 0 Å². The van der Waals surface area contributed by atoms with Gasteiger partial charge in [0.1, 0.15) is 0 Å². The van der Waals surface area contributed by atoms with Crippen LogP contribution in [-0.4, -0.2) is 24.5 Å². The first-order valence-electron chi connectivity index (χ1n) is 7.68. The average Bonchev–Trinajstić information content (AvgIpc) is 2.38. The van der Waals surface area contributed by atoms with E-state index in [9.17, 15) is 4.79 Å². The van der Waals surface area contributed by atoms with Crippen LogP contribution >= 0.6 is 0 Å². The number of hydrogen-bond donors (Lipinski definition) is 2. The second kappa shape index (κ2) is 8.52. The van der Waals surface area contributed by atoms with Crippen LogP contribution in [0.3, 0.4) is 0 Å². The zero-order valence-corrected chi connectivity index (χ0v) is 12.3. The fourth-order valence-electron chi connectivity index (χ4n) is 2.73. The van der Waals surface area contributed by atoms with E-state index < -0.39 is 0 Å². The Morgan fingerprint density at radius 3 is 2.44 bits per heavy atom. The highest BCUT2D eigenvalue weighted by atomic mass is 16.1. The van der Waals surface area contributed by atoms with Crippen molar-refractivity contribution in [3.05, 3.63) is 0 Å². The van der Waals surface area contributed by atoms with Crippen LogP contribution in [0, 0.1) is 5.92 Å². The number of nitrogens with one attached hydrogen (secondary N) is 2. The van der Waals surface area contributed by atoms with Gasteiger partial charge in [0.2, 0.25) is 5.91 Å². The van der Waals surface area contributed by atoms with E-state index in [0.717, 1.165) is 12.3 Å².